The van der Waals surface area contributed by atoms with E-state index in [1.54, 1.807) is 0 Å². The van der Waals surface area contributed by atoms with Crippen LogP contribution in [-0.2, 0) is 0 Å². The third-order valence-electron chi connectivity index (χ3n) is 4.55. The summed E-state index contributed by atoms with van der Waals surface area (Å²) < 4.78 is 0. The minimum Gasteiger partial charge on any atom is -0.267 e. The number of hydrogen-bond donors (Lipinski definition) is 2. The molecule has 0 atom stereocenters. The molecule has 0 saturated heterocycles. The Bertz CT molecular complexity index is 1180. The predicted octanol–water partition coefficient (Wildman–Crippen LogP) is 4.37. The molecule has 6 nitrogen and oxygen atoms in total. The number of carbonyl (C=O) groups is 1. The van der Waals surface area contributed by atoms with Crippen LogP contribution in [0.3, 0.4) is 0 Å². The summed E-state index contributed by atoms with van der Waals surface area (Å²) in [6.07, 6.45) is 0. The Labute approximate surface area is 169 Å². The van der Waals surface area contributed by atoms with E-state index in [1.807, 2.05) is 81.4 Å². The molecule has 0 bridgehead atoms. The first kappa shape index (κ1) is 18.6. The van der Waals surface area contributed by atoms with Gasteiger partial charge in [0.1, 0.15) is 0 Å². The first-order valence-corrected chi connectivity index (χ1v) is 9.35. The molecule has 0 aliphatic carbocycles. The number of amides is 1. The number of pyridine rings is 1. The topological polar surface area (TPSA) is 79.8 Å². The Morgan fingerprint density at radius 3 is 2.28 bits per heavy atom. The number of nitrogens with zero attached hydrogens (tertiary/aromatic N) is 3. The zero-order valence-electron chi connectivity index (χ0n) is 16.5. The van der Waals surface area contributed by atoms with Gasteiger partial charge in [-0.05, 0) is 45.0 Å². The van der Waals surface area contributed by atoms with Gasteiger partial charge in [-0.2, -0.15) is 0 Å². The number of aromatic nitrogens is 3. The molecule has 2 heterocycles. The van der Waals surface area contributed by atoms with Gasteiger partial charge in [-0.3, -0.25) is 15.6 Å². The highest BCUT2D eigenvalue weighted by Crippen LogP contribution is 2.25. The van der Waals surface area contributed by atoms with Crippen molar-refractivity contribution in [1.29, 1.82) is 0 Å². The van der Waals surface area contributed by atoms with Crippen LogP contribution in [0.25, 0.3) is 22.2 Å². The normalized spacial score (nSPS) is 10.7. The Balaban J connectivity index is 1.72. The van der Waals surface area contributed by atoms with Crippen molar-refractivity contribution in [3.05, 3.63) is 83.2 Å². The maximum absolute atomic E-state index is 13.0. The first-order chi connectivity index (χ1) is 14.0. The maximum atomic E-state index is 13.0. The number of nitrogens with one attached hydrogen (secondary N) is 2. The quantitative estimate of drug-likeness (QED) is 0.512. The molecule has 0 saturated carbocycles. The van der Waals surface area contributed by atoms with Crippen LogP contribution in [0.4, 0.5) is 5.95 Å². The number of fused-ring (bicyclic) bond motifs is 1. The van der Waals surface area contributed by atoms with E-state index in [1.165, 1.54) is 0 Å². The average Bonchev–Trinajstić information content (AvgIpc) is 2.71. The second kappa shape index (κ2) is 7.67. The van der Waals surface area contributed by atoms with E-state index in [9.17, 15) is 4.79 Å². The van der Waals surface area contributed by atoms with Crippen LogP contribution in [0.15, 0.2) is 60.7 Å². The summed E-state index contributed by atoms with van der Waals surface area (Å²) in [6, 6.07) is 19.4. The molecule has 4 aromatic rings. The summed E-state index contributed by atoms with van der Waals surface area (Å²) in [7, 11) is 0. The minimum absolute atomic E-state index is 0.275. The Kier molecular flexibility index (Phi) is 4.91. The van der Waals surface area contributed by atoms with E-state index in [-0.39, 0.29) is 5.91 Å². The van der Waals surface area contributed by atoms with E-state index >= 15 is 0 Å². The summed E-state index contributed by atoms with van der Waals surface area (Å²) in [5.74, 6) is 0.0802. The van der Waals surface area contributed by atoms with Crippen LogP contribution in [0.1, 0.15) is 27.3 Å². The van der Waals surface area contributed by atoms with Gasteiger partial charge in [0.2, 0.25) is 5.95 Å². The van der Waals surface area contributed by atoms with Gasteiger partial charge in [-0.25, -0.2) is 15.0 Å². The Morgan fingerprint density at radius 2 is 1.55 bits per heavy atom. The van der Waals surface area contributed by atoms with Crippen molar-refractivity contribution >= 4 is 22.8 Å². The lowest BCUT2D eigenvalue weighted by molar-refractivity contribution is 0.0964. The van der Waals surface area contributed by atoms with Crippen molar-refractivity contribution in [1.82, 2.24) is 20.4 Å². The molecular weight excluding hydrogens is 362 g/mol. The molecule has 4 rings (SSSR count). The fraction of sp³-hybridized carbons (Fsp3) is 0.130. The zero-order chi connectivity index (χ0) is 20.4. The lowest BCUT2D eigenvalue weighted by Crippen LogP contribution is -2.30. The van der Waals surface area contributed by atoms with Crippen molar-refractivity contribution in [2.75, 3.05) is 5.43 Å². The molecule has 0 spiro atoms. The number of anilines is 1. The minimum atomic E-state index is -0.275. The van der Waals surface area contributed by atoms with Crippen molar-refractivity contribution < 1.29 is 4.79 Å². The van der Waals surface area contributed by atoms with E-state index < -0.39 is 0 Å². The molecule has 6 heteroatoms. The fourth-order valence-electron chi connectivity index (χ4n) is 3.25. The number of rotatable bonds is 4. The van der Waals surface area contributed by atoms with Crippen LogP contribution in [0.5, 0.6) is 0 Å². The highest BCUT2D eigenvalue weighted by atomic mass is 16.2. The lowest BCUT2D eigenvalue weighted by Gasteiger charge is -2.12. The first-order valence-electron chi connectivity index (χ1n) is 9.35. The van der Waals surface area contributed by atoms with Gasteiger partial charge >= 0.3 is 0 Å². The van der Waals surface area contributed by atoms with E-state index in [4.69, 9.17) is 4.98 Å². The molecule has 0 radical (unpaired) electrons. The summed E-state index contributed by atoms with van der Waals surface area (Å²) in [5, 5.41) is 0.797. The third-order valence-corrected chi connectivity index (χ3v) is 4.55. The Morgan fingerprint density at radius 1 is 0.828 bits per heavy atom. The zero-order valence-corrected chi connectivity index (χ0v) is 16.5. The van der Waals surface area contributed by atoms with Crippen LogP contribution >= 0.6 is 0 Å². The van der Waals surface area contributed by atoms with Crippen molar-refractivity contribution in [3.63, 3.8) is 0 Å². The van der Waals surface area contributed by atoms with Gasteiger partial charge in [0.05, 0.1) is 16.8 Å². The van der Waals surface area contributed by atoms with Gasteiger partial charge in [-0.1, -0.05) is 42.0 Å². The standard InChI is InChI=1S/C23H21N5O/c1-14-9-10-20-18(11-14)19(13-21(26-20)17-7-5-4-6-8-17)22(29)27-28-23-24-15(2)12-16(3)25-23/h4-13H,1-3H3,(H,27,29)(H,24,25,28). The summed E-state index contributed by atoms with van der Waals surface area (Å²) in [6.45, 7) is 5.76. The van der Waals surface area contributed by atoms with Crippen molar-refractivity contribution in [2.45, 2.75) is 20.8 Å². The molecule has 2 N–H and O–H groups in total. The molecule has 0 aliphatic heterocycles. The van der Waals surface area contributed by atoms with Gasteiger partial charge in [0.25, 0.3) is 5.91 Å². The van der Waals surface area contributed by atoms with Gasteiger partial charge in [0, 0.05) is 22.3 Å². The third kappa shape index (κ3) is 4.06. The molecule has 0 fully saturated rings. The molecule has 144 valence electrons. The van der Waals surface area contributed by atoms with Gasteiger partial charge in [-0.15, -0.1) is 0 Å². The SMILES string of the molecule is Cc1ccc2nc(-c3ccccc3)cc(C(=O)NNc3nc(C)cc(C)n3)c2c1. The molecule has 2 aromatic heterocycles. The van der Waals surface area contributed by atoms with E-state index in [0.717, 1.165) is 39.1 Å². The fourth-order valence-corrected chi connectivity index (χ4v) is 3.25. The number of benzene rings is 2. The summed E-state index contributed by atoms with van der Waals surface area (Å²) >= 11 is 0. The number of hydrogen-bond acceptors (Lipinski definition) is 5. The summed E-state index contributed by atoms with van der Waals surface area (Å²) in [4.78, 5) is 26.4. The van der Waals surface area contributed by atoms with Crippen LogP contribution in [0.2, 0.25) is 0 Å². The molecule has 2 aromatic carbocycles. The van der Waals surface area contributed by atoms with Crippen LogP contribution < -0.4 is 10.9 Å². The number of hydrazine groups is 1. The number of aryl methyl sites for hydroxylation is 3. The van der Waals surface area contributed by atoms with Crippen molar-refractivity contribution in [3.8, 4) is 11.3 Å². The van der Waals surface area contributed by atoms with Crippen molar-refractivity contribution in [2.24, 2.45) is 0 Å². The smallest absolute Gasteiger partial charge is 0.267 e. The molecule has 0 aliphatic rings. The Hall–Kier alpha value is -3.80. The molecule has 0 unspecified atom stereocenters. The van der Waals surface area contributed by atoms with Gasteiger partial charge in [0.15, 0.2) is 0 Å². The molecule has 29 heavy (non-hydrogen) atoms. The van der Waals surface area contributed by atoms with E-state index in [0.29, 0.717) is 11.5 Å². The maximum Gasteiger partial charge on any atom is 0.270 e. The second-order valence-electron chi connectivity index (χ2n) is 7.00. The van der Waals surface area contributed by atoms with E-state index in [2.05, 4.69) is 20.8 Å². The second-order valence-corrected chi connectivity index (χ2v) is 7.00. The molecule has 1 amide bonds. The molecular formula is C23H21N5O. The lowest BCUT2D eigenvalue weighted by atomic mass is 10.0. The van der Waals surface area contributed by atoms with Crippen LogP contribution in [-0.4, -0.2) is 20.9 Å². The monoisotopic (exact) mass is 383 g/mol. The average molecular weight is 383 g/mol. The predicted molar refractivity (Wildman–Crippen MR) is 115 cm³/mol. The highest BCUT2D eigenvalue weighted by molar-refractivity contribution is 6.07. The number of carbonyl (C=O) groups excluding carboxylic acids is 1. The summed E-state index contributed by atoms with van der Waals surface area (Å²) in [5.41, 5.74) is 11.3. The highest BCUT2D eigenvalue weighted by Gasteiger charge is 2.15. The largest absolute Gasteiger partial charge is 0.270 e. The van der Waals surface area contributed by atoms with Gasteiger partial charge < -0.3 is 0 Å². The van der Waals surface area contributed by atoms with Crippen LogP contribution in [0, 0.1) is 20.8 Å².